The first-order valence-electron chi connectivity index (χ1n) is 9.93. The first-order chi connectivity index (χ1) is 14.7. The van der Waals surface area contributed by atoms with Crippen LogP contribution in [0.3, 0.4) is 0 Å². The molecule has 0 aliphatic heterocycles. The number of halogens is 4. The van der Waals surface area contributed by atoms with E-state index in [2.05, 4.69) is 20.9 Å². The number of hydrogen-bond donors (Lipinski definition) is 0. The lowest BCUT2D eigenvalue weighted by molar-refractivity contribution is -0.137. The summed E-state index contributed by atoms with van der Waals surface area (Å²) in [5, 5.41) is 0.799. The lowest BCUT2D eigenvalue weighted by Crippen LogP contribution is -2.32. The van der Waals surface area contributed by atoms with Gasteiger partial charge in [0.2, 0.25) is 11.8 Å². The topological polar surface area (TPSA) is 47.4 Å². The number of aromatic nitrogens is 2. The van der Waals surface area contributed by atoms with Gasteiger partial charge >= 0.3 is 6.18 Å². The molecule has 2 heterocycles. The van der Waals surface area contributed by atoms with Gasteiger partial charge in [-0.3, -0.25) is 9.36 Å². The molecule has 3 aromatic rings. The summed E-state index contributed by atoms with van der Waals surface area (Å²) in [5.41, 5.74) is 0.734. The predicted molar refractivity (Wildman–Crippen MR) is 114 cm³/mol. The van der Waals surface area contributed by atoms with Crippen molar-refractivity contribution in [2.24, 2.45) is 5.92 Å². The minimum Gasteiger partial charge on any atom is -0.481 e. The number of fused-ring (bicyclic) bond motifs is 1. The van der Waals surface area contributed by atoms with Crippen LogP contribution < -0.4 is 4.74 Å². The second-order valence-electron chi connectivity index (χ2n) is 7.54. The van der Waals surface area contributed by atoms with Gasteiger partial charge in [-0.15, -0.1) is 0 Å². The first-order valence-corrected chi connectivity index (χ1v) is 10.7. The first kappa shape index (κ1) is 21.7. The number of ether oxygens (including phenoxy) is 1. The van der Waals surface area contributed by atoms with E-state index in [0.717, 1.165) is 34.8 Å². The summed E-state index contributed by atoms with van der Waals surface area (Å²) in [6, 6.07) is 7.16. The van der Waals surface area contributed by atoms with Crippen molar-refractivity contribution in [3.63, 3.8) is 0 Å². The number of carbonyl (C=O) groups is 1. The van der Waals surface area contributed by atoms with E-state index in [4.69, 9.17) is 4.74 Å². The molecule has 0 unspecified atom stereocenters. The molecule has 0 radical (unpaired) electrons. The summed E-state index contributed by atoms with van der Waals surface area (Å²) in [4.78, 5) is 18.7. The summed E-state index contributed by atoms with van der Waals surface area (Å²) >= 11 is 3.50. The van der Waals surface area contributed by atoms with Gasteiger partial charge in [0, 0.05) is 41.1 Å². The Bertz CT molecular complexity index is 1140. The van der Waals surface area contributed by atoms with Crippen molar-refractivity contribution in [2.75, 3.05) is 13.7 Å². The normalized spacial score (nSPS) is 14.1. The third-order valence-corrected chi connectivity index (χ3v) is 6.07. The summed E-state index contributed by atoms with van der Waals surface area (Å²) in [5.74, 6) is 0.373. The number of carbonyl (C=O) groups excluding carboxylic acids is 1. The van der Waals surface area contributed by atoms with Crippen molar-refractivity contribution in [3.8, 4) is 11.6 Å². The number of methoxy groups -OCH3 is 1. The Labute approximate surface area is 185 Å². The zero-order chi connectivity index (χ0) is 22.3. The molecular formula is C22H21BrF3N3O2. The summed E-state index contributed by atoms with van der Waals surface area (Å²) in [7, 11) is 1.50. The molecule has 31 heavy (non-hydrogen) atoms. The van der Waals surface area contributed by atoms with Crippen LogP contribution in [0.4, 0.5) is 13.2 Å². The number of rotatable bonds is 6. The Hall–Kier alpha value is -2.55. The van der Waals surface area contributed by atoms with Crippen molar-refractivity contribution >= 4 is 32.9 Å². The van der Waals surface area contributed by atoms with Gasteiger partial charge in [-0.2, -0.15) is 18.2 Å². The van der Waals surface area contributed by atoms with Crippen LogP contribution in [0, 0.1) is 5.92 Å². The molecule has 0 saturated heterocycles. The zero-order valence-corrected chi connectivity index (χ0v) is 18.6. The van der Waals surface area contributed by atoms with Crippen molar-refractivity contribution in [1.29, 1.82) is 0 Å². The van der Waals surface area contributed by atoms with Gasteiger partial charge in [-0.25, -0.2) is 0 Å². The number of hydrogen-bond acceptors (Lipinski definition) is 3. The zero-order valence-electron chi connectivity index (χ0n) is 17.0. The lowest BCUT2D eigenvalue weighted by Gasteiger charge is -2.24. The highest BCUT2D eigenvalue weighted by Crippen LogP contribution is 2.36. The van der Waals surface area contributed by atoms with Crippen molar-refractivity contribution in [3.05, 3.63) is 52.1 Å². The van der Waals surface area contributed by atoms with Crippen molar-refractivity contribution in [2.45, 2.75) is 32.5 Å². The quantitative estimate of drug-likeness (QED) is 0.448. The van der Waals surface area contributed by atoms with Crippen LogP contribution in [0.25, 0.3) is 16.7 Å². The molecule has 0 bridgehead atoms. The van der Waals surface area contributed by atoms with Crippen LogP contribution in [-0.2, 0) is 17.5 Å². The number of alkyl halides is 3. The molecule has 1 saturated carbocycles. The van der Waals surface area contributed by atoms with Gasteiger partial charge in [0.15, 0.2) is 0 Å². The Kier molecular flexibility index (Phi) is 5.72. The van der Waals surface area contributed by atoms with Crippen LogP contribution in [-0.4, -0.2) is 34.0 Å². The minimum absolute atomic E-state index is 0.01000. The molecule has 1 aromatic carbocycles. The van der Waals surface area contributed by atoms with E-state index < -0.39 is 11.7 Å². The Morgan fingerprint density at radius 2 is 2.03 bits per heavy atom. The van der Waals surface area contributed by atoms with Crippen LogP contribution in [0.15, 0.2) is 41.0 Å². The Morgan fingerprint density at radius 1 is 1.29 bits per heavy atom. The van der Waals surface area contributed by atoms with E-state index in [1.165, 1.54) is 13.2 Å². The van der Waals surface area contributed by atoms with E-state index in [0.29, 0.717) is 29.3 Å². The number of benzene rings is 1. The maximum absolute atomic E-state index is 13.5. The van der Waals surface area contributed by atoms with E-state index in [1.54, 1.807) is 21.7 Å². The molecule has 9 heteroatoms. The highest BCUT2D eigenvalue weighted by Gasteiger charge is 2.34. The monoisotopic (exact) mass is 495 g/mol. The summed E-state index contributed by atoms with van der Waals surface area (Å²) in [6.45, 7) is 2.35. The average molecular weight is 496 g/mol. The third kappa shape index (κ3) is 4.28. The van der Waals surface area contributed by atoms with Gasteiger partial charge in [0.25, 0.3) is 0 Å². The largest absolute Gasteiger partial charge is 0.481 e. The molecule has 164 valence electrons. The molecule has 1 aliphatic carbocycles. The molecule has 0 N–H and O–H groups in total. The van der Waals surface area contributed by atoms with E-state index >= 15 is 0 Å². The SMILES string of the molecule is CCN(Cc1cc(C(F)(F)F)ccc1-n1cc(Br)c2ccc(OC)nc21)C(=O)C1CC1. The van der Waals surface area contributed by atoms with Gasteiger partial charge < -0.3 is 9.64 Å². The van der Waals surface area contributed by atoms with Gasteiger partial charge in [0.05, 0.1) is 18.4 Å². The molecule has 2 aromatic heterocycles. The fourth-order valence-corrected chi connectivity index (χ4v) is 4.12. The second kappa shape index (κ2) is 8.18. The van der Waals surface area contributed by atoms with E-state index in [1.807, 2.05) is 13.0 Å². The van der Waals surface area contributed by atoms with Gasteiger partial charge in [-0.1, -0.05) is 0 Å². The van der Waals surface area contributed by atoms with Crippen LogP contribution >= 0.6 is 15.9 Å². The van der Waals surface area contributed by atoms with Gasteiger partial charge in [0.1, 0.15) is 5.65 Å². The Morgan fingerprint density at radius 3 is 2.65 bits per heavy atom. The molecule has 1 aliphatic rings. The second-order valence-corrected chi connectivity index (χ2v) is 8.39. The highest BCUT2D eigenvalue weighted by molar-refractivity contribution is 9.10. The van der Waals surface area contributed by atoms with E-state index in [-0.39, 0.29) is 18.4 Å². The molecule has 5 nitrogen and oxygen atoms in total. The minimum atomic E-state index is -4.48. The molecule has 1 fully saturated rings. The number of nitrogens with zero attached hydrogens (tertiary/aromatic N) is 3. The smallest absolute Gasteiger partial charge is 0.416 e. The maximum Gasteiger partial charge on any atom is 0.416 e. The van der Waals surface area contributed by atoms with Crippen LogP contribution in [0.5, 0.6) is 5.88 Å². The van der Waals surface area contributed by atoms with Crippen LogP contribution in [0.2, 0.25) is 0 Å². The molecule has 4 rings (SSSR count). The van der Waals surface area contributed by atoms with E-state index in [9.17, 15) is 18.0 Å². The van der Waals surface area contributed by atoms with Crippen LogP contribution in [0.1, 0.15) is 30.9 Å². The average Bonchev–Trinajstić information content (AvgIpc) is 3.54. The van der Waals surface area contributed by atoms with Crippen molar-refractivity contribution < 1.29 is 22.7 Å². The maximum atomic E-state index is 13.5. The van der Waals surface area contributed by atoms with Gasteiger partial charge in [-0.05, 0) is 65.5 Å². The molecule has 0 spiro atoms. The fraction of sp³-hybridized carbons (Fsp3) is 0.364. The van der Waals surface area contributed by atoms with Crippen molar-refractivity contribution in [1.82, 2.24) is 14.5 Å². The Balaban J connectivity index is 1.85. The lowest BCUT2D eigenvalue weighted by atomic mass is 10.1. The predicted octanol–water partition coefficient (Wildman–Crippen LogP) is 5.57. The molecule has 0 atom stereocenters. The number of pyridine rings is 1. The molecule has 1 amide bonds. The standard InChI is InChI=1S/C22H21BrF3N3O2/c1-3-28(21(30)13-4-5-13)11-14-10-15(22(24,25)26)6-8-18(14)29-12-17(23)16-7-9-19(31-2)27-20(16)29/h6-10,12-13H,3-5,11H2,1-2H3. The summed E-state index contributed by atoms with van der Waals surface area (Å²) in [6.07, 6.45) is -1.04. The highest BCUT2D eigenvalue weighted by atomic mass is 79.9. The summed E-state index contributed by atoms with van der Waals surface area (Å²) < 4.78 is 48.1. The third-order valence-electron chi connectivity index (χ3n) is 5.43. The number of amides is 1. The molecular weight excluding hydrogens is 475 g/mol. The fourth-order valence-electron chi connectivity index (χ4n) is 3.61.